The average Bonchev–Trinajstić information content (AvgIpc) is 3.34. The van der Waals surface area contributed by atoms with Crippen molar-refractivity contribution in [2.24, 2.45) is 0 Å². The van der Waals surface area contributed by atoms with E-state index in [-0.39, 0.29) is 17.3 Å². The van der Waals surface area contributed by atoms with Gasteiger partial charge in [0.05, 0.1) is 17.5 Å². The Morgan fingerprint density at radius 1 is 1.07 bits per heavy atom. The minimum absolute atomic E-state index is 0.178. The van der Waals surface area contributed by atoms with Gasteiger partial charge in [0.25, 0.3) is 0 Å². The van der Waals surface area contributed by atoms with Crippen LogP contribution in [0.5, 0.6) is 0 Å². The van der Waals surface area contributed by atoms with Gasteiger partial charge in [0, 0.05) is 23.4 Å². The van der Waals surface area contributed by atoms with Crippen LogP contribution in [-0.2, 0) is 20.5 Å². The zero-order chi connectivity index (χ0) is 18.6. The fourth-order valence-electron chi connectivity index (χ4n) is 4.57. The van der Waals surface area contributed by atoms with E-state index in [1.165, 1.54) is 4.90 Å². The van der Waals surface area contributed by atoms with Crippen LogP contribution in [0.15, 0.2) is 53.4 Å². The molecule has 1 saturated heterocycles. The smallest absolute Gasteiger partial charge is 0.339 e. The van der Waals surface area contributed by atoms with Crippen LogP contribution < -0.4 is 0 Å². The average molecular weight is 379 g/mol. The lowest BCUT2D eigenvalue weighted by molar-refractivity contribution is -0.134. The largest absolute Gasteiger partial charge is 0.449 e. The number of esters is 1. The molecule has 1 saturated carbocycles. The second-order valence-electron chi connectivity index (χ2n) is 7.72. The van der Waals surface area contributed by atoms with Crippen LogP contribution in [-0.4, -0.2) is 36.1 Å². The summed E-state index contributed by atoms with van der Waals surface area (Å²) in [6.45, 7) is 1.09. The van der Waals surface area contributed by atoms with E-state index >= 15 is 0 Å². The highest BCUT2D eigenvalue weighted by Crippen LogP contribution is 2.52. The first-order valence-electron chi connectivity index (χ1n) is 9.35. The molecular formula is C22H21NO3S. The van der Waals surface area contributed by atoms with Crippen LogP contribution in [0.25, 0.3) is 0 Å². The number of carbonyl (C=O) groups excluding carboxylic acids is 2. The van der Waals surface area contributed by atoms with E-state index < -0.39 is 5.60 Å². The summed E-state index contributed by atoms with van der Waals surface area (Å²) in [6.07, 6.45) is 4.51. The van der Waals surface area contributed by atoms with Gasteiger partial charge in [-0.1, -0.05) is 30.3 Å². The Morgan fingerprint density at radius 3 is 2.52 bits per heavy atom. The van der Waals surface area contributed by atoms with E-state index in [1.807, 2.05) is 29.2 Å². The highest BCUT2D eigenvalue weighted by atomic mass is 32.2. The van der Waals surface area contributed by atoms with Gasteiger partial charge in [0.2, 0.25) is 5.91 Å². The van der Waals surface area contributed by atoms with Gasteiger partial charge in [0.15, 0.2) is 5.60 Å². The standard InChI is InChI=1S/C22H21NO3S/c1-27-16-8-6-15(7-9-16)21(10-11-21)20(25)23-13-12-22(14-23)18-5-3-2-4-17(18)19(24)26-22/h2-9H,10-14H2,1H3/t22-/m0/s1. The number of rotatable bonds is 3. The lowest BCUT2D eigenvalue weighted by Gasteiger charge is -2.27. The van der Waals surface area contributed by atoms with Crippen molar-refractivity contribution in [2.75, 3.05) is 19.3 Å². The molecule has 1 aliphatic carbocycles. The van der Waals surface area contributed by atoms with E-state index in [1.54, 1.807) is 11.8 Å². The molecule has 2 aromatic carbocycles. The lowest BCUT2D eigenvalue weighted by Crippen LogP contribution is -2.40. The summed E-state index contributed by atoms with van der Waals surface area (Å²) in [6, 6.07) is 15.9. The molecule has 138 valence electrons. The van der Waals surface area contributed by atoms with Crippen LogP contribution in [0.4, 0.5) is 0 Å². The number of amides is 1. The van der Waals surface area contributed by atoms with Crippen LogP contribution in [0.1, 0.15) is 40.7 Å². The zero-order valence-corrected chi connectivity index (χ0v) is 16.1. The number of ether oxygens (including phenoxy) is 1. The third-order valence-corrected chi connectivity index (χ3v) is 6.99. The maximum Gasteiger partial charge on any atom is 0.339 e. The SMILES string of the molecule is CSc1ccc(C2(C(=O)N3CC[C@@]4(C3)OC(=O)c3ccccc34)CC2)cc1. The van der Waals surface area contributed by atoms with Crippen molar-refractivity contribution < 1.29 is 14.3 Å². The maximum atomic E-state index is 13.4. The minimum Gasteiger partial charge on any atom is -0.449 e. The highest BCUT2D eigenvalue weighted by Gasteiger charge is 2.57. The molecule has 1 atom stereocenters. The lowest BCUT2D eigenvalue weighted by atomic mass is 9.91. The topological polar surface area (TPSA) is 46.6 Å². The summed E-state index contributed by atoms with van der Waals surface area (Å²) < 4.78 is 5.79. The Bertz CT molecular complexity index is 935. The van der Waals surface area contributed by atoms with Gasteiger partial charge in [-0.05, 0) is 42.9 Å². The van der Waals surface area contributed by atoms with Crippen LogP contribution in [0, 0.1) is 0 Å². The molecule has 2 heterocycles. The van der Waals surface area contributed by atoms with Crippen LogP contribution >= 0.6 is 11.8 Å². The molecule has 2 fully saturated rings. The zero-order valence-electron chi connectivity index (χ0n) is 15.2. The molecule has 1 amide bonds. The molecular weight excluding hydrogens is 358 g/mol. The second kappa shape index (κ2) is 5.86. The molecule has 5 rings (SSSR count). The predicted molar refractivity (Wildman–Crippen MR) is 104 cm³/mol. The molecule has 5 heteroatoms. The summed E-state index contributed by atoms with van der Waals surface area (Å²) in [5.74, 6) is -0.0922. The Labute approximate surface area is 162 Å². The number of benzene rings is 2. The van der Waals surface area contributed by atoms with Crippen molar-refractivity contribution in [2.45, 2.75) is 35.2 Å². The number of fused-ring (bicyclic) bond motifs is 2. The molecule has 1 spiro atoms. The number of hydrogen-bond acceptors (Lipinski definition) is 4. The first-order valence-corrected chi connectivity index (χ1v) is 10.6. The molecule has 2 aromatic rings. The monoisotopic (exact) mass is 379 g/mol. The fourth-order valence-corrected chi connectivity index (χ4v) is 4.98. The van der Waals surface area contributed by atoms with Crippen molar-refractivity contribution in [3.63, 3.8) is 0 Å². The van der Waals surface area contributed by atoms with Gasteiger partial charge in [-0.2, -0.15) is 0 Å². The molecule has 27 heavy (non-hydrogen) atoms. The van der Waals surface area contributed by atoms with Crippen molar-refractivity contribution in [1.82, 2.24) is 4.90 Å². The van der Waals surface area contributed by atoms with Gasteiger partial charge < -0.3 is 9.64 Å². The Balaban J connectivity index is 1.41. The van der Waals surface area contributed by atoms with Crippen molar-refractivity contribution in [1.29, 1.82) is 0 Å². The fraction of sp³-hybridized carbons (Fsp3) is 0.364. The van der Waals surface area contributed by atoms with Gasteiger partial charge in [-0.25, -0.2) is 4.79 Å². The van der Waals surface area contributed by atoms with Gasteiger partial charge in [0.1, 0.15) is 0 Å². The highest BCUT2D eigenvalue weighted by molar-refractivity contribution is 7.98. The normalized spacial score (nSPS) is 24.8. The molecule has 4 nitrogen and oxygen atoms in total. The van der Waals surface area contributed by atoms with E-state index in [9.17, 15) is 9.59 Å². The Morgan fingerprint density at radius 2 is 1.81 bits per heavy atom. The first-order chi connectivity index (χ1) is 13.1. The van der Waals surface area contributed by atoms with Crippen LogP contribution in [0.2, 0.25) is 0 Å². The third-order valence-electron chi connectivity index (χ3n) is 6.25. The molecule has 0 bridgehead atoms. The predicted octanol–water partition coefficient (Wildman–Crippen LogP) is 3.74. The molecule has 0 radical (unpaired) electrons. The number of likely N-dealkylation sites (tertiary alicyclic amines) is 1. The molecule has 0 N–H and O–H groups in total. The van der Waals surface area contributed by atoms with Crippen molar-refractivity contribution >= 4 is 23.6 Å². The van der Waals surface area contributed by atoms with E-state index in [0.717, 1.165) is 24.0 Å². The number of carbonyl (C=O) groups is 2. The maximum absolute atomic E-state index is 13.4. The van der Waals surface area contributed by atoms with E-state index in [2.05, 4.69) is 30.5 Å². The number of thioether (sulfide) groups is 1. The van der Waals surface area contributed by atoms with Crippen molar-refractivity contribution in [3.05, 3.63) is 65.2 Å². The van der Waals surface area contributed by atoms with Gasteiger partial charge in [-0.3, -0.25) is 4.79 Å². The van der Waals surface area contributed by atoms with Crippen LogP contribution in [0.3, 0.4) is 0 Å². The number of nitrogens with zero attached hydrogens (tertiary/aromatic N) is 1. The Hall–Kier alpha value is -2.27. The molecule has 3 aliphatic rings. The second-order valence-corrected chi connectivity index (χ2v) is 8.60. The summed E-state index contributed by atoms with van der Waals surface area (Å²) in [5, 5.41) is 0. The Kier molecular flexibility index (Phi) is 3.66. The molecule has 0 aromatic heterocycles. The number of hydrogen-bond donors (Lipinski definition) is 0. The minimum atomic E-state index is -0.665. The van der Waals surface area contributed by atoms with E-state index in [0.29, 0.717) is 25.1 Å². The van der Waals surface area contributed by atoms with Gasteiger partial charge in [-0.15, -0.1) is 11.8 Å². The molecule has 2 aliphatic heterocycles. The van der Waals surface area contributed by atoms with Gasteiger partial charge >= 0.3 is 5.97 Å². The first kappa shape index (κ1) is 16.9. The summed E-state index contributed by atoms with van der Waals surface area (Å²) >= 11 is 1.70. The summed E-state index contributed by atoms with van der Waals surface area (Å²) in [4.78, 5) is 28.8. The summed E-state index contributed by atoms with van der Waals surface area (Å²) in [5.41, 5.74) is 1.63. The quantitative estimate of drug-likeness (QED) is 0.602. The third kappa shape index (κ3) is 2.44. The van der Waals surface area contributed by atoms with E-state index in [4.69, 9.17) is 4.74 Å². The van der Waals surface area contributed by atoms with Crippen molar-refractivity contribution in [3.8, 4) is 0 Å². The summed E-state index contributed by atoms with van der Waals surface area (Å²) in [7, 11) is 0. The molecule has 0 unspecified atom stereocenters.